The highest BCUT2D eigenvalue weighted by Crippen LogP contribution is 2.12. The largest absolute Gasteiger partial charge is 0.342 e. The molecular weight excluding hydrogens is 202 g/mol. The highest BCUT2D eigenvalue weighted by Gasteiger charge is 2.16. The molecule has 3 heteroatoms. The molecule has 0 aliphatic carbocycles. The van der Waals surface area contributed by atoms with Crippen LogP contribution in [0.2, 0.25) is 0 Å². The van der Waals surface area contributed by atoms with E-state index in [0.29, 0.717) is 17.7 Å². The van der Waals surface area contributed by atoms with Gasteiger partial charge in [-0.1, -0.05) is 24.8 Å². The Morgan fingerprint density at radius 2 is 1.88 bits per heavy atom. The van der Waals surface area contributed by atoms with Crippen LogP contribution in [0.1, 0.15) is 27.6 Å². The standard InChI is InChI=1S/C13H15NO2/c1-4-12(15)10-8-6-7-9-11(10)13(16)14(3)5-2/h4,6-9H,1,5H2,2-3H3. The molecule has 0 unspecified atom stereocenters. The van der Waals surface area contributed by atoms with Crippen LogP contribution in [-0.4, -0.2) is 30.2 Å². The first kappa shape index (κ1) is 12.2. The summed E-state index contributed by atoms with van der Waals surface area (Å²) in [5.41, 5.74) is 0.833. The van der Waals surface area contributed by atoms with Crippen molar-refractivity contribution in [1.82, 2.24) is 4.90 Å². The average Bonchev–Trinajstić information content (AvgIpc) is 2.35. The summed E-state index contributed by atoms with van der Waals surface area (Å²) in [6, 6.07) is 6.78. The summed E-state index contributed by atoms with van der Waals surface area (Å²) in [6.45, 7) is 5.92. The number of carbonyl (C=O) groups is 2. The fourth-order valence-corrected chi connectivity index (χ4v) is 1.34. The molecule has 0 spiro atoms. The number of carbonyl (C=O) groups excluding carboxylic acids is 2. The van der Waals surface area contributed by atoms with Gasteiger partial charge in [0.25, 0.3) is 5.91 Å². The van der Waals surface area contributed by atoms with E-state index in [-0.39, 0.29) is 11.7 Å². The van der Waals surface area contributed by atoms with Crippen molar-refractivity contribution in [3.63, 3.8) is 0 Å². The molecule has 0 aromatic heterocycles. The lowest BCUT2D eigenvalue weighted by atomic mass is 10.0. The van der Waals surface area contributed by atoms with Crippen molar-refractivity contribution in [3.8, 4) is 0 Å². The number of amides is 1. The molecule has 0 radical (unpaired) electrons. The van der Waals surface area contributed by atoms with E-state index >= 15 is 0 Å². The molecule has 1 amide bonds. The molecule has 1 aromatic rings. The monoisotopic (exact) mass is 217 g/mol. The summed E-state index contributed by atoms with van der Waals surface area (Å²) in [4.78, 5) is 25.1. The molecular formula is C13H15NO2. The lowest BCUT2D eigenvalue weighted by Crippen LogP contribution is -2.27. The van der Waals surface area contributed by atoms with Gasteiger partial charge in [-0.05, 0) is 19.1 Å². The summed E-state index contributed by atoms with van der Waals surface area (Å²) >= 11 is 0. The fraction of sp³-hybridized carbons (Fsp3) is 0.231. The smallest absolute Gasteiger partial charge is 0.254 e. The van der Waals surface area contributed by atoms with Crippen molar-refractivity contribution in [1.29, 1.82) is 0 Å². The molecule has 1 rings (SSSR count). The van der Waals surface area contributed by atoms with Crippen LogP contribution in [0.4, 0.5) is 0 Å². The molecule has 0 saturated heterocycles. The summed E-state index contributed by atoms with van der Waals surface area (Å²) in [6.07, 6.45) is 1.22. The summed E-state index contributed by atoms with van der Waals surface area (Å²) in [7, 11) is 1.71. The Balaban J connectivity index is 3.18. The minimum atomic E-state index is -0.228. The predicted molar refractivity (Wildman–Crippen MR) is 63.6 cm³/mol. The number of rotatable bonds is 4. The summed E-state index contributed by atoms with van der Waals surface area (Å²) in [5, 5.41) is 0. The lowest BCUT2D eigenvalue weighted by molar-refractivity contribution is 0.0797. The molecule has 0 N–H and O–H groups in total. The molecule has 0 atom stereocenters. The third-order valence-corrected chi connectivity index (χ3v) is 2.43. The van der Waals surface area contributed by atoms with Gasteiger partial charge in [0.1, 0.15) is 0 Å². The molecule has 0 fully saturated rings. The molecule has 0 aliphatic rings. The second kappa shape index (κ2) is 5.26. The minimum Gasteiger partial charge on any atom is -0.342 e. The first-order valence-electron chi connectivity index (χ1n) is 5.13. The zero-order valence-electron chi connectivity index (χ0n) is 9.56. The molecule has 0 heterocycles. The van der Waals surface area contributed by atoms with E-state index in [4.69, 9.17) is 0 Å². The maximum absolute atomic E-state index is 12.0. The Morgan fingerprint density at radius 1 is 1.31 bits per heavy atom. The molecule has 0 aliphatic heterocycles. The van der Waals surface area contributed by atoms with Gasteiger partial charge < -0.3 is 4.90 Å². The lowest BCUT2D eigenvalue weighted by Gasteiger charge is -2.16. The number of ketones is 1. The van der Waals surface area contributed by atoms with Crippen LogP contribution in [0.5, 0.6) is 0 Å². The van der Waals surface area contributed by atoms with Crippen LogP contribution in [0.15, 0.2) is 36.9 Å². The van der Waals surface area contributed by atoms with E-state index in [9.17, 15) is 9.59 Å². The third kappa shape index (κ3) is 2.37. The second-order valence-electron chi connectivity index (χ2n) is 3.43. The molecule has 1 aromatic carbocycles. The van der Waals surface area contributed by atoms with Crippen molar-refractivity contribution < 1.29 is 9.59 Å². The van der Waals surface area contributed by atoms with Gasteiger partial charge in [-0.3, -0.25) is 9.59 Å². The number of benzene rings is 1. The minimum absolute atomic E-state index is 0.145. The number of nitrogens with zero attached hydrogens (tertiary/aromatic N) is 1. The van der Waals surface area contributed by atoms with E-state index in [1.807, 2.05) is 6.92 Å². The van der Waals surface area contributed by atoms with Crippen LogP contribution >= 0.6 is 0 Å². The molecule has 84 valence electrons. The molecule has 16 heavy (non-hydrogen) atoms. The first-order chi connectivity index (χ1) is 7.61. The molecule has 0 bridgehead atoms. The zero-order valence-corrected chi connectivity index (χ0v) is 9.56. The number of allylic oxidation sites excluding steroid dienone is 1. The van der Waals surface area contributed by atoms with Crippen LogP contribution in [-0.2, 0) is 0 Å². The zero-order chi connectivity index (χ0) is 12.1. The van der Waals surface area contributed by atoms with Gasteiger partial charge in [0.2, 0.25) is 0 Å². The van der Waals surface area contributed by atoms with Gasteiger partial charge in [-0.2, -0.15) is 0 Å². The van der Waals surface area contributed by atoms with E-state index in [1.54, 1.807) is 36.2 Å². The van der Waals surface area contributed by atoms with Gasteiger partial charge in [0, 0.05) is 19.2 Å². The highest BCUT2D eigenvalue weighted by atomic mass is 16.2. The normalized spacial score (nSPS) is 9.62. The highest BCUT2D eigenvalue weighted by molar-refractivity contribution is 6.12. The second-order valence-corrected chi connectivity index (χ2v) is 3.43. The van der Waals surface area contributed by atoms with E-state index in [0.717, 1.165) is 0 Å². The molecule has 3 nitrogen and oxygen atoms in total. The Bertz CT molecular complexity index is 424. The van der Waals surface area contributed by atoms with E-state index in [1.165, 1.54) is 6.08 Å². The quantitative estimate of drug-likeness (QED) is 0.572. The SMILES string of the molecule is C=CC(=O)c1ccccc1C(=O)N(C)CC. The average molecular weight is 217 g/mol. The Kier molecular flexibility index (Phi) is 4.00. The third-order valence-electron chi connectivity index (χ3n) is 2.43. The fourth-order valence-electron chi connectivity index (χ4n) is 1.34. The van der Waals surface area contributed by atoms with Crippen LogP contribution in [0.25, 0.3) is 0 Å². The van der Waals surface area contributed by atoms with E-state index < -0.39 is 0 Å². The Labute approximate surface area is 95.4 Å². The van der Waals surface area contributed by atoms with Gasteiger partial charge in [-0.25, -0.2) is 0 Å². The Morgan fingerprint density at radius 3 is 2.38 bits per heavy atom. The van der Waals surface area contributed by atoms with Gasteiger partial charge in [0.05, 0.1) is 5.56 Å². The van der Waals surface area contributed by atoms with Crippen LogP contribution in [0, 0.1) is 0 Å². The van der Waals surface area contributed by atoms with Crippen molar-refractivity contribution in [2.45, 2.75) is 6.92 Å². The van der Waals surface area contributed by atoms with Crippen molar-refractivity contribution in [2.75, 3.05) is 13.6 Å². The maximum Gasteiger partial charge on any atom is 0.254 e. The first-order valence-corrected chi connectivity index (χ1v) is 5.13. The maximum atomic E-state index is 12.0. The topological polar surface area (TPSA) is 37.4 Å². The van der Waals surface area contributed by atoms with Crippen LogP contribution in [0.3, 0.4) is 0 Å². The van der Waals surface area contributed by atoms with E-state index in [2.05, 4.69) is 6.58 Å². The summed E-state index contributed by atoms with van der Waals surface area (Å²) < 4.78 is 0. The van der Waals surface area contributed by atoms with Gasteiger partial charge in [-0.15, -0.1) is 0 Å². The Hall–Kier alpha value is -1.90. The van der Waals surface area contributed by atoms with Crippen molar-refractivity contribution in [2.24, 2.45) is 0 Å². The van der Waals surface area contributed by atoms with Gasteiger partial charge >= 0.3 is 0 Å². The number of hydrogen-bond acceptors (Lipinski definition) is 2. The van der Waals surface area contributed by atoms with Crippen LogP contribution < -0.4 is 0 Å². The molecule has 0 saturated carbocycles. The predicted octanol–water partition coefficient (Wildman–Crippen LogP) is 2.15. The van der Waals surface area contributed by atoms with Crippen molar-refractivity contribution in [3.05, 3.63) is 48.0 Å². The number of hydrogen-bond donors (Lipinski definition) is 0. The summed E-state index contributed by atoms with van der Waals surface area (Å²) in [5.74, 6) is -0.373. The van der Waals surface area contributed by atoms with Gasteiger partial charge in [0.15, 0.2) is 5.78 Å². The van der Waals surface area contributed by atoms with Crippen molar-refractivity contribution >= 4 is 11.7 Å².